The van der Waals surface area contributed by atoms with E-state index in [1.807, 2.05) is 19.1 Å². The number of pyridine rings is 1. The van der Waals surface area contributed by atoms with Crippen LogP contribution >= 0.6 is 0 Å². The molecule has 0 bridgehead atoms. The van der Waals surface area contributed by atoms with E-state index in [1.54, 1.807) is 6.20 Å². The molecular weight excluding hydrogens is 360 g/mol. The average molecular weight is 395 g/mol. The largest absolute Gasteiger partial charge is 0.375 e. The standard InChI is InChI=1S/C24H34N4O/c1-3-4-7-22(26)23(11-13-29-24(18-23)8-5-6-9-24)10-12-27-16-20-14-19(2)21(15-25)28-17-20/h4,7,14,17,26-27H,3,5-6,8-13,16,18H2,1-2H3/b7-4-,26-22?. The number of ether oxygens (including phenoxy) is 1. The molecule has 1 aromatic rings. The fraction of sp³-hybridized carbons (Fsp3) is 0.625. The molecule has 2 heterocycles. The van der Waals surface area contributed by atoms with Crippen LogP contribution in [0.4, 0.5) is 0 Å². The maximum atomic E-state index is 9.03. The normalized spacial score (nSPS) is 23.5. The lowest BCUT2D eigenvalue weighted by Gasteiger charge is -2.46. The number of aromatic nitrogens is 1. The Kier molecular flexibility index (Phi) is 7.21. The zero-order valence-electron chi connectivity index (χ0n) is 17.9. The van der Waals surface area contributed by atoms with E-state index in [9.17, 15) is 0 Å². The lowest BCUT2D eigenvalue weighted by Crippen LogP contribution is -2.48. The fourth-order valence-corrected chi connectivity index (χ4v) is 4.96. The number of hydrogen-bond acceptors (Lipinski definition) is 5. The molecule has 1 saturated heterocycles. The van der Waals surface area contributed by atoms with Crippen LogP contribution in [0.3, 0.4) is 0 Å². The van der Waals surface area contributed by atoms with Gasteiger partial charge in [0.15, 0.2) is 0 Å². The van der Waals surface area contributed by atoms with E-state index in [0.717, 1.165) is 75.1 Å². The number of nitrogens with one attached hydrogen (secondary N) is 2. The first-order valence-corrected chi connectivity index (χ1v) is 11.0. The van der Waals surface area contributed by atoms with Crippen molar-refractivity contribution in [1.29, 1.82) is 10.7 Å². The number of hydrogen-bond donors (Lipinski definition) is 2. The second kappa shape index (κ2) is 9.65. The van der Waals surface area contributed by atoms with Gasteiger partial charge in [0, 0.05) is 30.5 Å². The molecule has 29 heavy (non-hydrogen) atoms. The molecule has 1 spiro atoms. The van der Waals surface area contributed by atoms with Crippen molar-refractivity contribution >= 4 is 5.71 Å². The Morgan fingerprint density at radius 2 is 2.17 bits per heavy atom. The number of aryl methyl sites for hydroxylation is 1. The predicted molar refractivity (Wildman–Crippen MR) is 116 cm³/mol. The zero-order chi connectivity index (χ0) is 20.7. The van der Waals surface area contributed by atoms with Crippen molar-refractivity contribution in [2.45, 2.75) is 77.4 Å². The highest BCUT2D eigenvalue weighted by molar-refractivity contribution is 5.97. The van der Waals surface area contributed by atoms with E-state index in [0.29, 0.717) is 5.69 Å². The smallest absolute Gasteiger partial charge is 0.143 e. The fourth-order valence-electron chi connectivity index (χ4n) is 4.96. The first-order valence-electron chi connectivity index (χ1n) is 11.0. The van der Waals surface area contributed by atoms with Crippen molar-refractivity contribution in [3.05, 3.63) is 41.2 Å². The third kappa shape index (κ3) is 5.12. The summed E-state index contributed by atoms with van der Waals surface area (Å²) in [6.07, 6.45) is 14.5. The second-order valence-corrected chi connectivity index (χ2v) is 8.72. The number of rotatable bonds is 8. The van der Waals surface area contributed by atoms with Gasteiger partial charge in [-0.2, -0.15) is 5.26 Å². The van der Waals surface area contributed by atoms with Crippen LogP contribution in [0.15, 0.2) is 24.4 Å². The summed E-state index contributed by atoms with van der Waals surface area (Å²) in [5.74, 6) is 0. The molecule has 1 unspecified atom stereocenters. The highest BCUT2D eigenvalue weighted by Gasteiger charge is 2.48. The third-order valence-electron chi connectivity index (χ3n) is 6.61. The van der Waals surface area contributed by atoms with Crippen molar-refractivity contribution in [2.75, 3.05) is 13.2 Å². The number of allylic oxidation sites excluding steroid dienone is 2. The average Bonchev–Trinajstić information content (AvgIpc) is 3.16. The topological polar surface area (TPSA) is 81.8 Å². The highest BCUT2D eigenvalue weighted by atomic mass is 16.5. The molecule has 3 rings (SSSR count). The molecule has 0 amide bonds. The van der Waals surface area contributed by atoms with E-state index in [-0.39, 0.29) is 11.0 Å². The molecule has 156 valence electrons. The quantitative estimate of drug-likeness (QED) is 0.488. The van der Waals surface area contributed by atoms with E-state index in [1.165, 1.54) is 12.8 Å². The summed E-state index contributed by atoms with van der Waals surface area (Å²) in [7, 11) is 0. The minimum Gasteiger partial charge on any atom is -0.375 e. The Morgan fingerprint density at radius 3 is 2.86 bits per heavy atom. The summed E-state index contributed by atoms with van der Waals surface area (Å²) < 4.78 is 6.27. The van der Waals surface area contributed by atoms with Gasteiger partial charge in [0.2, 0.25) is 0 Å². The summed E-state index contributed by atoms with van der Waals surface area (Å²) in [6, 6.07) is 4.15. The van der Waals surface area contributed by atoms with Crippen molar-refractivity contribution in [3.8, 4) is 6.07 Å². The van der Waals surface area contributed by atoms with Gasteiger partial charge in [0.05, 0.1) is 5.60 Å². The van der Waals surface area contributed by atoms with Crippen LogP contribution in [0, 0.1) is 29.1 Å². The van der Waals surface area contributed by atoms with E-state index in [2.05, 4.69) is 29.4 Å². The van der Waals surface area contributed by atoms with Gasteiger partial charge < -0.3 is 15.5 Å². The van der Waals surface area contributed by atoms with Gasteiger partial charge in [-0.25, -0.2) is 4.98 Å². The molecule has 1 aliphatic carbocycles. The molecular formula is C24H34N4O. The molecule has 2 fully saturated rings. The Hall–Kier alpha value is -2.03. The van der Waals surface area contributed by atoms with Gasteiger partial charge in [-0.15, -0.1) is 0 Å². The maximum absolute atomic E-state index is 9.03. The van der Waals surface area contributed by atoms with Crippen molar-refractivity contribution in [2.24, 2.45) is 5.41 Å². The Morgan fingerprint density at radius 1 is 1.38 bits per heavy atom. The molecule has 0 aromatic carbocycles. The minimum atomic E-state index is -0.0971. The summed E-state index contributed by atoms with van der Waals surface area (Å²) in [4.78, 5) is 4.23. The van der Waals surface area contributed by atoms with Gasteiger partial charge in [-0.3, -0.25) is 0 Å². The molecule has 1 aliphatic heterocycles. The van der Waals surface area contributed by atoms with Crippen LogP contribution in [0.5, 0.6) is 0 Å². The van der Waals surface area contributed by atoms with Gasteiger partial charge in [0.1, 0.15) is 11.8 Å². The summed E-state index contributed by atoms with van der Waals surface area (Å²) >= 11 is 0. The van der Waals surface area contributed by atoms with Crippen molar-refractivity contribution in [1.82, 2.24) is 10.3 Å². The molecule has 1 saturated carbocycles. The minimum absolute atomic E-state index is 0.00123. The lowest BCUT2D eigenvalue weighted by molar-refractivity contribution is -0.107. The first-order chi connectivity index (χ1) is 14.0. The molecule has 5 heteroatoms. The Bertz CT molecular complexity index is 789. The van der Waals surface area contributed by atoms with Crippen LogP contribution in [-0.4, -0.2) is 29.4 Å². The van der Waals surface area contributed by atoms with E-state index < -0.39 is 0 Å². The molecule has 5 nitrogen and oxygen atoms in total. The molecule has 2 aliphatic rings. The number of nitrogens with zero attached hydrogens (tertiary/aromatic N) is 2. The van der Waals surface area contributed by atoms with Crippen molar-refractivity contribution < 1.29 is 4.74 Å². The monoisotopic (exact) mass is 394 g/mol. The third-order valence-corrected chi connectivity index (χ3v) is 6.61. The highest BCUT2D eigenvalue weighted by Crippen LogP contribution is 2.49. The Labute approximate surface area is 175 Å². The van der Waals surface area contributed by atoms with Gasteiger partial charge in [0.25, 0.3) is 0 Å². The molecule has 1 atom stereocenters. The van der Waals surface area contributed by atoms with Gasteiger partial charge >= 0.3 is 0 Å². The van der Waals surface area contributed by atoms with Crippen LogP contribution < -0.4 is 5.32 Å². The van der Waals surface area contributed by atoms with Crippen LogP contribution in [-0.2, 0) is 11.3 Å². The first kappa shape index (κ1) is 21.7. The molecule has 0 radical (unpaired) electrons. The van der Waals surface area contributed by atoms with Crippen LogP contribution in [0.25, 0.3) is 0 Å². The zero-order valence-corrected chi connectivity index (χ0v) is 17.9. The summed E-state index contributed by atoms with van der Waals surface area (Å²) in [5, 5.41) is 21.4. The Balaban J connectivity index is 1.64. The maximum Gasteiger partial charge on any atom is 0.143 e. The predicted octanol–water partition coefficient (Wildman–Crippen LogP) is 4.84. The van der Waals surface area contributed by atoms with Gasteiger partial charge in [-0.05, 0) is 69.2 Å². The van der Waals surface area contributed by atoms with E-state index in [4.69, 9.17) is 15.4 Å². The van der Waals surface area contributed by atoms with E-state index >= 15 is 0 Å². The number of nitriles is 1. The van der Waals surface area contributed by atoms with Crippen LogP contribution in [0.2, 0.25) is 0 Å². The SMILES string of the molecule is CC/C=C\C(=N)C1(CCNCc2cnc(C#N)c(C)c2)CCOC2(CCCC2)C1. The second-order valence-electron chi connectivity index (χ2n) is 8.72. The van der Waals surface area contributed by atoms with Crippen LogP contribution in [0.1, 0.15) is 75.1 Å². The summed E-state index contributed by atoms with van der Waals surface area (Å²) in [6.45, 7) is 6.40. The molecule has 2 N–H and O–H groups in total. The van der Waals surface area contributed by atoms with Crippen molar-refractivity contribution in [3.63, 3.8) is 0 Å². The summed E-state index contributed by atoms with van der Waals surface area (Å²) in [5.41, 5.74) is 3.18. The lowest BCUT2D eigenvalue weighted by atomic mass is 9.67. The molecule has 1 aromatic heterocycles. The van der Waals surface area contributed by atoms with Gasteiger partial charge in [-0.1, -0.05) is 31.9 Å².